The third kappa shape index (κ3) is 27.1. The second kappa shape index (κ2) is 42.5. The number of benzene rings is 2. The number of para-hydroxylation sites is 1. The molecule has 0 aliphatic heterocycles. The summed E-state index contributed by atoms with van der Waals surface area (Å²) in [7, 11) is 1.66. The molecule has 0 unspecified atom stereocenters. The third-order valence-corrected chi connectivity index (χ3v) is 23.1. The highest BCUT2D eigenvalue weighted by Gasteiger charge is 2.39. The van der Waals surface area contributed by atoms with Gasteiger partial charge in [0.1, 0.15) is 41.1 Å². The molecule has 544 valence electrons. The number of aliphatic hydroxyl groups excluding tert-OH is 1. The molecule has 96 heavy (non-hydrogen) atoms. The smallest absolute Gasteiger partial charge is 0.334 e. The average Bonchev–Trinajstić information content (AvgIpc) is 1.57. The van der Waals surface area contributed by atoms with Gasteiger partial charge < -0.3 is 23.9 Å². The van der Waals surface area contributed by atoms with Crippen LogP contribution in [0.1, 0.15) is 271 Å². The van der Waals surface area contributed by atoms with Crippen molar-refractivity contribution in [3.8, 4) is 5.75 Å². The maximum atomic E-state index is 12.9. The Labute approximate surface area is 585 Å². The molecule has 0 saturated heterocycles. The number of aliphatic hydroxyl groups is 1. The standard InChI is InChI=1S/C23H33NO.C19H28O2.C16H28O3.C14H26O.C13H24O3/c1-16(2)20-12-11-17(3)14-21(20)23(25)10-7-13-24-18(4)15-19-8-5-6-9-22(19)24;1-13(2)17-10-5-14(3)11-18(17)19(20)12-15-6-8-16(21-4)9-7-15;1-5-19-16(18)9-8-15(17)14-10-12(4)6-7-13(14)11(2)3;1-5-6-14(15)13-9-11(4)7-8-12(13)10(2)3;1-8(2)11-6-5-9(3)7-12(11)16-13(15)10(4)14/h5-6,8-9,15-17,20-21H,7,10-14H2,1-4H3;6-9,13-14,17-18H,5,10-12H2,1-4H3;11-14H,5-10H2,1-4H3;10-13H,5-9H2,1-4H3;8-12,14H,5-7H2,1-4H3/t17-,20+,21-;14-,17+,18-;12-,13+,14-;11-,12+,13-;9-,10-,11+,12-/m11111/s1. The minimum Gasteiger partial charge on any atom is -0.497 e. The first-order valence-electron chi connectivity index (χ1n) is 38.7. The van der Waals surface area contributed by atoms with Crippen LogP contribution >= 0.6 is 0 Å². The largest absolute Gasteiger partial charge is 0.497 e. The Kier molecular flexibility index (Phi) is 37.1. The van der Waals surface area contributed by atoms with Gasteiger partial charge in [0.15, 0.2) is 0 Å². The van der Waals surface area contributed by atoms with Crippen molar-refractivity contribution >= 4 is 46.0 Å². The highest BCUT2D eigenvalue weighted by atomic mass is 16.6. The first-order valence-corrected chi connectivity index (χ1v) is 38.7. The minimum absolute atomic E-state index is 0.00847. The van der Waals surface area contributed by atoms with Crippen LogP contribution in [-0.2, 0) is 51.2 Å². The zero-order valence-electron chi connectivity index (χ0n) is 64.4. The van der Waals surface area contributed by atoms with Crippen LogP contribution in [0, 0.1) is 119 Å². The number of esters is 2. The van der Waals surface area contributed by atoms with Gasteiger partial charge in [0, 0.05) is 67.1 Å². The van der Waals surface area contributed by atoms with Crippen LogP contribution in [0.3, 0.4) is 0 Å². The normalized spacial score (nSPS) is 27.8. The Hall–Kier alpha value is -4.64. The quantitative estimate of drug-likeness (QED) is 0.0857. The molecule has 0 amide bonds. The van der Waals surface area contributed by atoms with E-state index in [1.54, 1.807) is 14.0 Å². The van der Waals surface area contributed by atoms with Gasteiger partial charge in [-0.15, -0.1) is 0 Å². The van der Waals surface area contributed by atoms with Crippen LogP contribution in [-0.4, -0.2) is 70.7 Å². The molecule has 11 heteroatoms. The minimum atomic E-state index is -1.01. The van der Waals surface area contributed by atoms with Gasteiger partial charge in [-0.3, -0.25) is 24.0 Å². The van der Waals surface area contributed by atoms with Gasteiger partial charge in [-0.1, -0.05) is 173 Å². The highest BCUT2D eigenvalue weighted by Crippen LogP contribution is 2.43. The van der Waals surface area contributed by atoms with Crippen molar-refractivity contribution in [1.29, 1.82) is 0 Å². The number of hydrogen-bond acceptors (Lipinski definition) is 10. The van der Waals surface area contributed by atoms with E-state index in [0.29, 0.717) is 131 Å². The van der Waals surface area contributed by atoms with Crippen molar-refractivity contribution < 1.29 is 48.1 Å². The van der Waals surface area contributed by atoms with E-state index in [1.807, 2.05) is 24.3 Å². The molecule has 2 aromatic carbocycles. The number of fused-ring (bicyclic) bond motifs is 1. The van der Waals surface area contributed by atoms with E-state index in [0.717, 1.165) is 94.4 Å². The van der Waals surface area contributed by atoms with Crippen LogP contribution in [0.4, 0.5) is 0 Å². The number of carbonyl (C=O) groups excluding carboxylic acids is 6. The zero-order chi connectivity index (χ0) is 71.5. The van der Waals surface area contributed by atoms with Gasteiger partial charge in [0.2, 0.25) is 0 Å². The summed E-state index contributed by atoms with van der Waals surface area (Å²) in [6, 6.07) is 18.7. The van der Waals surface area contributed by atoms with Gasteiger partial charge >= 0.3 is 11.9 Å². The number of rotatable bonds is 24. The maximum absolute atomic E-state index is 12.9. The summed E-state index contributed by atoms with van der Waals surface area (Å²) in [5.41, 5.74) is 3.68. The highest BCUT2D eigenvalue weighted by molar-refractivity contribution is 5.86. The lowest BCUT2D eigenvalue weighted by molar-refractivity contribution is -0.165. The number of methoxy groups -OCH3 is 1. The van der Waals surface area contributed by atoms with Gasteiger partial charge in [0.05, 0.1) is 20.1 Å². The summed E-state index contributed by atoms with van der Waals surface area (Å²) >= 11 is 0. The van der Waals surface area contributed by atoms with E-state index in [1.165, 1.54) is 74.9 Å². The molecule has 16 atom stereocenters. The summed E-state index contributed by atoms with van der Waals surface area (Å²) in [5.74, 6) is 12.0. The number of hydrogen-bond donors (Lipinski definition) is 1. The molecule has 11 nitrogen and oxygen atoms in total. The number of nitrogens with zero attached hydrogens (tertiary/aromatic N) is 1. The molecule has 1 N–H and O–H groups in total. The van der Waals surface area contributed by atoms with Crippen molar-refractivity contribution in [2.75, 3.05) is 13.7 Å². The Morgan fingerprint density at radius 3 is 1.32 bits per heavy atom. The number of ketones is 4. The lowest BCUT2D eigenvalue weighted by atomic mass is 9.68. The molecule has 1 aromatic heterocycles. The number of aryl methyl sites for hydroxylation is 2. The topological polar surface area (TPSA) is 155 Å². The van der Waals surface area contributed by atoms with Crippen molar-refractivity contribution in [2.45, 2.75) is 292 Å². The second-order valence-corrected chi connectivity index (χ2v) is 32.8. The van der Waals surface area contributed by atoms with Crippen LogP contribution < -0.4 is 4.74 Å². The first kappa shape index (κ1) is 83.8. The molecule has 5 aliphatic carbocycles. The lowest BCUT2D eigenvalue weighted by Gasteiger charge is -2.36. The Morgan fingerprint density at radius 2 is 0.906 bits per heavy atom. The summed E-state index contributed by atoms with van der Waals surface area (Å²) in [4.78, 5) is 72.8. The van der Waals surface area contributed by atoms with Gasteiger partial charge in [-0.05, 0) is 222 Å². The predicted octanol–water partition coefficient (Wildman–Crippen LogP) is 20.6. The Balaban J connectivity index is 0.000000258. The number of ether oxygens (including phenoxy) is 3. The monoisotopic (exact) mass is 1330 g/mol. The molecule has 5 aliphatic rings. The molecule has 8 rings (SSSR count). The van der Waals surface area contributed by atoms with Crippen molar-refractivity contribution in [3.63, 3.8) is 0 Å². The molecular weight excluding hydrogens is 1190 g/mol. The van der Waals surface area contributed by atoms with Crippen LogP contribution in [0.25, 0.3) is 10.9 Å². The van der Waals surface area contributed by atoms with E-state index in [-0.39, 0.29) is 36.1 Å². The average molecular weight is 1340 g/mol. The summed E-state index contributed by atoms with van der Waals surface area (Å²) in [5, 5.41) is 10.5. The van der Waals surface area contributed by atoms with Crippen LogP contribution in [0.2, 0.25) is 0 Å². The van der Waals surface area contributed by atoms with Crippen LogP contribution in [0.15, 0.2) is 54.6 Å². The van der Waals surface area contributed by atoms with E-state index < -0.39 is 12.1 Å². The fourth-order valence-electron chi connectivity index (χ4n) is 17.2. The van der Waals surface area contributed by atoms with Gasteiger partial charge in [-0.2, -0.15) is 0 Å². The Morgan fingerprint density at radius 1 is 0.500 bits per heavy atom. The number of carbonyl (C=O) groups is 6. The zero-order valence-corrected chi connectivity index (χ0v) is 64.4. The molecule has 1 heterocycles. The summed E-state index contributed by atoms with van der Waals surface area (Å²) in [6.45, 7) is 42.5. The van der Waals surface area contributed by atoms with E-state index in [9.17, 15) is 28.8 Å². The fraction of sp³-hybridized carbons (Fsp3) is 0.765. The molecule has 0 bridgehead atoms. The van der Waals surface area contributed by atoms with Crippen molar-refractivity contribution in [3.05, 3.63) is 65.9 Å². The molecule has 5 saturated carbocycles. The fourth-order valence-corrected chi connectivity index (χ4v) is 17.2. The SMILES string of the molecule is CC(C)[C@@H]1CC[C@@H](C)C[C@H]1OC(=O)[C@@H](C)O.CCCC(=O)[C@@H]1C[C@H](C)CC[C@H]1C(C)C.CCOC(=O)CCC(=O)[C@@H]1C[C@H](C)CC[C@H]1C(C)C.COc1ccc(CC(=O)[C@@H]2C[C@H](C)CC[C@H]2C(C)C)cc1.Cc1cc2ccccc2n1CCCC(=O)[C@@H]1C[C@H](C)CC[C@H]1C(C)C. The Bertz CT molecular complexity index is 2770. The number of aromatic nitrogens is 1. The molecule has 0 radical (unpaired) electrons. The predicted molar refractivity (Wildman–Crippen MR) is 396 cm³/mol. The lowest BCUT2D eigenvalue weighted by Crippen LogP contribution is -2.37. The molecule has 5 fully saturated rings. The van der Waals surface area contributed by atoms with Crippen molar-refractivity contribution in [1.82, 2.24) is 4.57 Å². The number of Topliss-reactive ketones (excluding diaryl/α,β-unsaturated/α-hetero) is 4. The first-order chi connectivity index (χ1) is 45.4. The van der Waals surface area contributed by atoms with E-state index >= 15 is 0 Å². The molecular formula is C85H139NO10. The summed E-state index contributed by atoms with van der Waals surface area (Å²) in [6.07, 6.45) is 21.1. The maximum Gasteiger partial charge on any atom is 0.334 e. The van der Waals surface area contributed by atoms with Gasteiger partial charge in [0.25, 0.3) is 0 Å². The molecule has 3 aromatic rings. The van der Waals surface area contributed by atoms with Crippen LogP contribution in [0.5, 0.6) is 5.75 Å². The van der Waals surface area contributed by atoms with Crippen molar-refractivity contribution in [2.24, 2.45) is 112 Å². The summed E-state index contributed by atoms with van der Waals surface area (Å²) < 4.78 is 17.8. The van der Waals surface area contributed by atoms with E-state index in [4.69, 9.17) is 19.3 Å². The van der Waals surface area contributed by atoms with E-state index in [2.05, 4.69) is 153 Å². The third-order valence-electron chi connectivity index (χ3n) is 23.1. The molecule has 0 spiro atoms. The second-order valence-electron chi connectivity index (χ2n) is 32.8. The van der Waals surface area contributed by atoms with Gasteiger partial charge in [-0.25, -0.2) is 4.79 Å².